The van der Waals surface area contributed by atoms with E-state index >= 15 is 0 Å². The molecule has 0 bridgehead atoms. The Morgan fingerprint density at radius 1 is 1.08 bits per heavy atom. The molecule has 2 rings (SSSR count). The fourth-order valence-corrected chi connectivity index (χ4v) is 2.05. The zero-order valence-corrected chi connectivity index (χ0v) is 13.1. The molecule has 0 aromatic heterocycles. The predicted molar refractivity (Wildman–Crippen MR) is 88.4 cm³/mol. The van der Waals surface area contributed by atoms with E-state index in [-0.39, 0.29) is 12.1 Å². The van der Waals surface area contributed by atoms with Crippen molar-refractivity contribution in [1.82, 2.24) is 10.6 Å². The summed E-state index contributed by atoms with van der Waals surface area (Å²) in [6, 6.07) is 10.1. The molecule has 0 heterocycles. The Morgan fingerprint density at radius 2 is 1.75 bits per heavy atom. The SMILES string of the molecule is CN=C(NCc1ccc(C(N)=O)cc1)NCc1cc(F)ccc1F. The van der Waals surface area contributed by atoms with E-state index in [9.17, 15) is 13.6 Å². The van der Waals surface area contributed by atoms with Crippen molar-refractivity contribution in [2.45, 2.75) is 13.1 Å². The van der Waals surface area contributed by atoms with Crippen LogP contribution in [0.1, 0.15) is 21.5 Å². The van der Waals surface area contributed by atoms with Crippen LogP contribution in [0, 0.1) is 11.6 Å². The molecule has 5 nitrogen and oxygen atoms in total. The largest absolute Gasteiger partial charge is 0.366 e. The third-order valence-electron chi connectivity index (χ3n) is 3.38. The number of guanidine groups is 1. The van der Waals surface area contributed by atoms with Crippen LogP contribution in [0.25, 0.3) is 0 Å². The average molecular weight is 332 g/mol. The molecule has 0 aliphatic carbocycles. The monoisotopic (exact) mass is 332 g/mol. The van der Waals surface area contributed by atoms with Crippen molar-refractivity contribution in [3.63, 3.8) is 0 Å². The maximum Gasteiger partial charge on any atom is 0.248 e. The lowest BCUT2D eigenvalue weighted by molar-refractivity contribution is 0.100. The Labute approximate surface area is 138 Å². The number of hydrogen-bond donors (Lipinski definition) is 3. The second-order valence-electron chi connectivity index (χ2n) is 5.08. The molecule has 0 saturated carbocycles. The Morgan fingerprint density at radius 3 is 2.38 bits per heavy atom. The topological polar surface area (TPSA) is 79.5 Å². The normalized spacial score (nSPS) is 11.2. The number of benzene rings is 2. The van der Waals surface area contributed by atoms with Crippen molar-refractivity contribution in [3.8, 4) is 0 Å². The molecule has 0 fully saturated rings. The smallest absolute Gasteiger partial charge is 0.248 e. The van der Waals surface area contributed by atoms with E-state index in [0.717, 1.165) is 23.8 Å². The van der Waals surface area contributed by atoms with E-state index in [0.29, 0.717) is 18.1 Å². The standard InChI is InChI=1S/C17H18F2N4O/c1-21-17(23-10-13-8-14(18)6-7-15(13)19)22-9-11-2-4-12(5-3-11)16(20)24/h2-8H,9-10H2,1H3,(H2,20,24)(H2,21,22,23). The second-order valence-corrected chi connectivity index (χ2v) is 5.08. The first kappa shape index (κ1) is 17.4. The molecule has 126 valence electrons. The Bertz CT molecular complexity index is 745. The van der Waals surface area contributed by atoms with Crippen molar-refractivity contribution in [2.75, 3.05) is 7.05 Å². The maximum absolute atomic E-state index is 13.6. The average Bonchev–Trinajstić information content (AvgIpc) is 2.58. The first-order chi connectivity index (χ1) is 11.5. The summed E-state index contributed by atoms with van der Waals surface area (Å²) in [7, 11) is 1.58. The highest BCUT2D eigenvalue weighted by Crippen LogP contribution is 2.09. The summed E-state index contributed by atoms with van der Waals surface area (Å²) in [6.45, 7) is 0.550. The fourth-order valence-electron chi connectivity index (χ4n) is 2.05. The maximum atomic E-state index is 13.6. The van der Waals surface area contributed by atoms with Crippen molar-refractivity contribution < 1.29 is 13.6 Å². The Hall–Kier alpha value is -2.96. The molecule has 0 atom stereocenters. The number of carbonyl (C=O) groups is 1. The molecular weight excluding hydrogens is 314 g/mol. The number of primary amides is 1. The predicted octanol–water partition coefficient (Wildman–Crippen LogP) is 1.93. The molecule has 7 heteroatoms. The lowest BCUT2D eigenvalue weighted by atomic mass is 10.1. The van der Waals surface area contributed by atoms with E-state index in [1.807, 2.05) is 0 Å². The number of halogens is 2. The van der Waals surface area contributed by atoms with Gasteiger partial charge in [-0.3, -0.25) is 9.79 Å². The van der Waals surface area contributed by atoms with Gasteiger partial charge in [-0.15, -0.1) is 0 Å². The van der Waals surface area contributed by atoms with E-state index in [1.54, 1.807) is 31.3 Å². The first-order valence-electron chi connectivity index (χ1n) is 7.27. The molecule has 24 heavy (non-hydrogen) atoms. The number of nitrogens with one attached hydrogen (secondary N) is 2. The van der Waals surface area contributed by atoms with Gasteiger partial charge in [-0.2, -0.15) is 0 Å². The van der Waals surface area contributed by atoms with Gasteiger partial charge in [0.2, 0.25) is 5.91 Å². The number of aliphatic imine (C=N–C) groups is 1. The van der Waals surface area contributed by atoms with Gasteiger partial charge in [0.15, 0.2) is 5.96 Å². The Kier molecular flexibility index (Phi) is 5.83. The van der Waals surface area contributed by atoms with Crippen LogP contribution in [0.15, 0.2) is 47.5 Å². The van der Waals surface area contributed by atoms with Crippen molar-refractivity contribution in [3.05, 3.63) is 70.8 Å². The van der Waals surface area contributed by atoms with Crippen LogP contribution in [-0.4, -0.2) is 18.9 Å². The van der Waals surface area contributed by atoms with Gasteiger partial charge in [-0.25, -0.2) is 8.78 Å². The third-order valence-corrected chi connectivity index (χ3v) is 3.38. The lowest BCUT2D eigenvalue weighted by Crippen LogP contribution is -2.36. The molecule has 2 aromatic carbocycles. The lowest BCUT2D eigenvalue weighted by Gasteiger charge is -2.12. The first-order valence-corrected chi connectivity index (χ1v) is 7.27. The van der Waals surface area contributed by atoms with Crippen LogP contribution in [0.4, 0.5) is 8.78 Å². The van der Waals surface area contributed by atoms with Crippen LogP contribution >= 0.6 is 0 Å². The van der Waals surface area contributed by atoms with Gasteiger partial charge >= 0.3 is 0 Å². The van der Waals surface area contributed by atoms with Crippen LogP contribution < -0.4 is 16.4 Å². The molecule has 0 aliphatic heterocycles. The van der Waals surface area contributed by atoms with Crippen molar-refractivity contribution in [2.24, 2.45) is 10.7 Å². The molecule has 0 spiro atoms. The summed E-state index contributed by atoms with van der Waals surface area (Å²) in [5, 5.41) is 5.96. The summed E-state index contributed by atoms with van der Waals surface area (Å²) in [6.07, 6.45) is 0. The number of hydrogen-bond acceptors (Lipinski definition) is 2. The summed E-state index contributed by atoms with van der Waals surface area (Å²) in [4.78, 5) is 15.0. The van der Waals surface area contributed by atoms with Crippen LogP contribution in [0.2, 0.25) is 0 Å². The summed E-state index contributed by atoms with van der Waals surface area (Å²) < 4.78 is 26.7. The minimum atomic E-state index is -0.495. The number of nitrogens with two attached hydrogens (primary N) is 1. The van der Waals surface area contributed by atoms with Gasteiger partial charge in [0.25, 0.3) is 0 Å². The number of rotatable bonds is 5. The number of nitrogens with zero attached hydrogens (tertiary/aromatic N) is 1. The molecule has 0 saturated heterocycles. The van der Waals surface area contributed by atoms with Gasteiger partial charge in [0, 0.05) is 31.3 Å². The number of amides is 1. The van der Waals surface area contributed by atoms with E-state index < -0.39 is 17.5 Å². The van der Waals surface area contributed by atoms with Crippen molar-refractivity contribution in [1.29, 1.82) is 0 Å². The number of carbonyl (C=O) groups excluding carboxylic acids is 1. The van der Waals surface area contributed by atoms with Crippen LogP contribution in [0.5, 0.6) is 0 Å². The van der Waals surface area contributed by atoms with E-state index in [4.69, 9.17) is 5.73 Å². The highest BCUT2D eigenvalue weighted by molar-refractivity contribution is 5.92. The van der Waals surface area contributed by atoms with Gasteiger partial charge < -0.3 is 16.4 Å². The highest BCUT2D eigenvalue weighted by atomic mass is 19.1. The molecule has 4 N–H and O–H groups in total. The fraction of sp³-hybridized carbons (Fsp3) is 0.176. The summed E-state index contributed by atoms with van der Waals surface area (Å²) in [5.41, 5.74) is 6.75. The molecule has 1 amide bonds. The molecular formula is C17H18F2N4O. The van der Waals surface area contributed by atoms with E-state index in [2.05, 4.69) is 15.6 Å². The molecule has 0 radical (unpaired) electrons. The van der Waals surface area contributed by atoms with E-state index in [1.165, 1.54) is 0 Å². The summed E-state index contributed by atoms with van der Waals surface area (Å²) in [5.74, 6) is -1.02. The third kappa shape index (κ3) is 4.77. The second kappa shape index (κ2) is 8.05. The quantitative estimate of drug-likeness (QED) is 0.578. The minimum Gasteiger partial charge on any atom is -0.366 e. The minimum absolute atomic E-state index is 0.101. The van der Waals surface area contributed by atoms with Gasteiger partial charge in [0.1, 0.15) is 11.6 Å². The summed E-state index contributed by atoms with van der Waals surface area (Å²) >= 11 is 0. The van der Waals surface area contributed by atoms with Crippen LogP contribution in [-0.2, 0) is 13.1 Å². The van der Waals surface area contributed by atoms with Crippen LogP contribution in [0.3, 0.4) is 0 Å². The van der Waals surface area contributed by atoms with Gasteiger partial charge in [-0.05, 0) is 35.9 Å². The molecule has 0 aliphatic rings. The zero-order valence-electron chi connectivity index (χ0n) is 13.1. The zero-order chi connectivity index (χ0) is 17.5. The van der Waals surface area contributed by atoms with Crippen molar-refractivity contribution >= 4 is 11.9 Å². The molecule has 0 unspecified atom stereocenters. The van der Waals surface area contributed by atoms with Gasteiger partial charge in [0.05, 0.1) is 0 Å². The van der Waals surface area contributed by atoms with Gasteiger partial charge in [-0.1, -0.05) is 12.1 Å². The molecule has 2 aromatic rings. The highest BCUT2D eigenvalue weighted by Gasteiger charge is 2.05. The Balaban J connectivity index is 1.90.